The highest BCUT2D eigenvalue weighted by Crippen LogP contribution is 2.23. The maximum Gasteiger partial charge on any atom is 0.128 e. The van der Waals surface area contributed by atoms with Crippen LogP contribution in [0.5, 0.6) is 0 Å². The first-order valence-corrected chi connectivity index (χ1v) is 6.80. The Kier molecular flexibility index (Phi) is 4.72. The fourth-order valence-corrected chi connectivity index (χ4v) is 2.74. The Balaban J connectivity index is 1.89. The molecule has 18 heavy (non-hydrogen) atoms. The van der Waals surface area contributed by atoms with Gasteiger partial charge >= 0.3 is 0 Å². The average molecular weight is 251 g/mol. The molecular weight excluding hydrogens is 229 g/mol. The van der Waals surface area contributed by atoms with Crippen LogP contribution in [0.4, 0.5) is 4.39 Å². The zero-order chi connectivity index (χ0) is 13.0. The van der Waals surface area contributed by atoms with Crippen LogP contribution < -0.4 is 5.32 Å². The second kappa shape index (κ2) is 6.30. The number of rotatable bonds is 4. The molecule has 1 aliphatic rings. The minimum atomic E-state index is -0.326. The Morgan fingerprint density at radius 3 is 2.94 bits per heavy atom. The summed E-state index contributed by atoms with van der Waals surface area (Å²) in [6, 6.07) is 5.55. The SMILES string of the molecule is CC1CCCC(NCc2ccc(F)c(CO)c2)C1. The lowest BCUT2D eigenvalue weighted by molar-refractivity contribution is 0.275. The minimum absolute atomic E-state index is 0.236. The standard InChI is InChI=1S/C15H22FNO/c1-11-3-2-4-14(7-11)17-9-12-5-6-15(16)13(8-12)10-18/h5-6,8,11,14,17-18H,2-4,7,9-10H2,1H3. The first-order valence-electron chi connectivity index (χ1n) is 6.80. The monoisotopic (exact) mass is 251 g/mol. The molecule has 1 aromatic carbocycles. The first kappa shape index (κ1) is 13.5. The number of hydrogen-bond acceptors (Lipinski definition) is 2. The Morgan fingerprint density at radius 1 is 1.39 bits per heavy atom. The third-order valence-electron chi connectivity index (χ3n) is 3.81. The second-order valence-corrected chi connectivity index (χ2v) is 5.43. The molecule has 2 unspecified atom stereocenters. The van der Waals surface area contributed by atoms with Gasteiger partial charge in [-0.2, -0.15) is 0 Å². The predicted molar refractivity (Wildman–Crippen MR) is 70.6 cm³/mol. The first-order chi connectivity index (χ1) is 8.69. The highest BCUT2D eigenvalue weighted by molar-refractivity contribution is 5.24. The van der Waals surface area contributed by atoms with Crippen LogP contribution in [0.15, 0.2) is 18.2 Å². The van der Waals surface area contributed by atoms with E-state index in [1.165, 1.54) is 31.7 Å². The summed E-state index contributed by atoms with van der Waals surface area (Å²) in [6.45, 7) is 2.82. The number of benzene rings is 1. The molecule has 1 fully saturated rings. The van der Waals surface area contributed by atoms with Gasteiger partial charge in [-0.05, 0) is 36.5 Å². The highest BCUT2D eigenvalue weighted by atomic mass is 19.1. The van der Waals surface area contributed by atoms with Crippen LogP contribution in [0.3, 0.4) is 0 Å². The molecule has 2 N–H and O–H groups in total. The topological polar surface area (TPSA) is 32.3 Å². The van der Waals surface area contributed by atoms with Crippen molar-refractivity contribution in [2.45, 2.75) is 51.8 Å². The summed E-state index contributed by atoms with van der Waals surface area (Å²) in [5.41, 5.74) is 1.42. The normalized spacial score (nSPS) is 24.2. The molecule has 0 aliphatic heterocycles. The molecule has 2 atom stereocenters. The second-order valence-electron chi connectivity index (χ2n) is 5.43. The van der Waals surface area contributed by atoms with E-state index in [0.29, 0.717) is 11.6 Å². The van der Waals surface area contributed by atoms with Crippen molar-refractivity contribution in [1.82, 2.24) is 5.32 Å². The van der Waals surface area contributed by atoms with Crippen molar-refractivity contribution in [2.75, 3.05) is 0 Å². The van der Waals surface area contributed by atoms with E-state index in [-0.39, 0.29) is 12.4 Å². The number of aliphatic hydroxyl groups excluding tert-OH is 1. The van der Waals surface area contributed by atoms with Crippen molar-refractivity contribution in [3.8, 4) is 0 Å². The summed E-state index contributed by atoms with van der Waals surface area (Å²) in [5.74, 6) is 0.477. The molecule has 1 aliphatic carbocycles. The molecule has 2 nitrogen and oxygen atoms in total. The maximum atomic E-state index is 13.2. The van der Waals surface area contributed by atoms with Gasteiger partial charge in [-0.1, -0.05) is 25.8 Å². The third-order valence-corrected chi connectivity index (χ3v) is 3.81. The van der Waals surface area contributed by atoms with Gasteiger partial charge < -0.3 is 10.4 Å². The van der Waals surface area contributed by atoms with Gasteiger partial charge in [-0.25, -0.2) is 4.39 Å². The van der Waals surface area contributed by atoms with Gasteiger partial charge in [0.05, 0.1) is 6.61 Å². The molecule has 0 spiro atoms. The predicted octanol–water partition coefficient (Wildman–Crippen LogP) is 2.99. The van der Waals surface area contributed by atoms with Crippen molar-refractivity contribution in [3.63, 3.8) is 0 Å². The zero-order valence-electron chi connectivity index (χ0n) is 11.0. The summed E-state index contributed by atoms with van der Waals surface area (Å²) < 4.78 is 13.2. The molecular formula is C15H22FNO. The van der Waals surface area contributed by atoms with Gasteiger partial charge in [0.25, 0.3) is 0 Å². The maximum absolute atomic E-state index is 13.2. The van der Waals surface area contributed by atoms with Crippen molar-refractivity contribution < 1.29 is 9.50 Å². The summed E-state index contributed by atoms with van der Waals surface area (Å²) in [5, 5.41) is 12.6. The van der Waals surface area contributed by atoms with E-state index in [2.05, 4.69) is 12.2 Å². The Labute approximate surface area is 108 Å². The van der Waals surface area contributed by atoms with Gasteiger partial charge in [0.15, 0.2) is 0 Å². The molecule has 0 radical (unpaired) electrons. The summed E-state index contributed by atoms with van der Waals surface area (Å²) in [4.78, 5) is 0. The highest BCUT2D eigenvalue weighted by Gasteiger charge is 2.18. The van der Waals surface area contributed by atoms with Crippen molar-refractivity contribution in [3.05, 3.63) is 35.1 Å². The Morgan fingerprint density at radius 2 is 2.22 bits per heavy atom. The van der Waals surface area contributed by atoms with E-state index in [4.69, 9.17) is 5.11 Å². The van der Waals surface area contributed by atoms with Gasteiger partial charge in [-0.15, -0.1) is 0 Å². The fraction of sp³-hybridized carbons (Fsp3) is 0.600. The van der Waals surface area contributed by atoms with Crippen LogP contribution >= 0.6 is 0 Å². The molecule has 0 bridgehead atoms. The van der Waals surface area contributed by atoms with Crippen LogP contribution in [0, 0.1) is 11.7 Å². The largest absolute Gasteiger partial charge is 0.392 e. The van der Waals surface area contributed by atoms with Crippen LogP contribution in [-0.4, -0.2) is 11.1 Å². The molecule has 3 heteroatoms. The molecule has 0 saturated heterocycles. The van der Waals surface area contributed by atoms with Crippen molar-refractivity contribution in [1.29, 1.82) is 0 Å². The number of nitrogens with one attached hydrogen (secondary N) is 1. The van der Waals surface area contributed by atoms with Crippen LogP contribution in [-0.2, 0) is 13.2 Å². The molecule has 0 heterocycles. The summed E-state index contributed by atoms with van der Waals surface area (Å²) >= 11 is 0. The lowest BCUT2D eigenvalue weighted by Gasteiger charge is -2.27. The van der Waals surface area contributed by atoms with Crippen LogP contribution in [0.2, 0.25) is 0 Å². The lowest BCUT2D eigenvalue weighted by Crippen LogP contribution is -2.33. The van der Waals surface area contributed by atoms with Crippen molar-refractivity contribution >= 4 is 0 Å². The summed E-state index contributed by atoms with van der Waals surface area (Å²) in [7, 11) is 0. The molecule has 2 rings (SSSR count). The van der Waals surface area contributed by atoms with Gasteiger partial charge in [0.1, 0.15) is 5.82 Å². The number of hydrogen-bond donors (Lipinski definition) is 2. The van der Waals surface area contributed by atoms with E-state index in [0.717, 1.165) is 18.0 Å². The van der Waals surface area contributed by atoms with E-state index in [1.54, 1.807) is 12.1 Å². The molecule has 1 aromatic rings. The zero-order valence-corrected chi connectivity index (χ0v) is 11.0. The van der Waals surface area contributed by atoms with E-state index in [9.17, 15) is 4.39 Å². The van der Waals surface area contributed by atoms with Crippen molar-refractivity contribution in [2.24, 2.45) is 5.92 Å². The minimum Gasteiger partial charge on any atom is -0.392 e. The van der Waals surface area contributed by atoms with Crippen LogP contribution in [0.25, 0.3) is 0 Å². The van der Waals surface area contributed by atoms with E-state index in [1.807, 2.05) is 0 Å². The molecule has 1 saturated carbocycles. The van der Waals surface area contributed by atoms with Crippen LogP contribution in [0.1, 0.15) is 43.7 Å². The number of aliphatic hydroxyl groups is 1. The van der Waals surface area contributed by atoms with Gasteiger partial charge in [-0.3, -0.25) is 0 Å². The van der Waals surface area contributed by atoms with E-state index >= 15 is 0 Å². The summed E-state index contributed by atoms with van der Waals surface area (Å²) in [6.07, 6.45) is 5.10. The molecule has 100 valence electrons. The third kappa shape index (κ3) is 3.53. The van der Waals surface area contributed by atoms with E-state index < -0.39 is 0 Å². The Bertz CT molecular complexity index is 394. The van der Waals surface area contributed by atoms with Gasteiger partial charge in [0, 0.05) is 18.2 Å². The Hall–Kier alpha value is -0.930. The molecule has 0 aromatic heterocycles. The lowest BCUT2D eigenvalue weighted by atomic mass is 9.87. The quantitative estimate of drug-likeness (QED) is 0.862. The van der Waals surface area contributed by atoms with Gasteiger partial charge in [0.2, 0.25) is 0 Å². The average Bonchev–Trinajstić information content (AvgIpc) is 2.38. The molecule has 0 amide bonds. The number of halogens is 1. The fourth-order valence-electron chi connectivity index (χ4n) is 2.74. The smallest absolute Gasteiger partial charge is 0.128 e.